The van der Waals surface area contributed by atoms with Gasteiger partial charge in [-0.2, -0.15) is 5.10 Å². The molecule has 116 valence electrons. The first kappa shape index (κ1) is 15.6. The molecule has 1 aromatic heterocycles. The van der Waals surface area contributed by atoms with E-state index in [1.165, 1.54) is 7.05 Å². The van der Waals surface area contributed by atoms with E-state index in [4.69, 9.17) is 4.74 Å². The molecule has 0 spiro atoms. The third-order valence-electron chi connectivity index (χ3n) is 3.13. The summed E-state index contributed by atoms with van der Waals surface area (Å²) in [6.45, 7) is 2.50. The van der Waals surface area contributed by atoms with Gasteiger partial charge in [0.15, 0.2) is 5.69 Å². The van der Waals surface area contributed by atoms with Gasteiger partial charge in [-0.05, 0) is 31.2 Å². The van der Waals surface area contributed by atoms with Crippen molar-refractivity contribution in [1.82, 2.24) is 15.1 Å². The van der Waals surface area contributed by atoms with Crippen molar-refractivity contribution in [3.05, 3.63) is 41.7 Å². The van der Waals surface area contributed by atoms with Crippen molar-refractivity contribution in [2.24, 2.45) is 0 Å². The lowest BCUT2D eigenvalue weighted by Gasteiger charge is -2.05. The van der Waals surface area contributed by atoms with Crippen LogP contribution in [0.25, 0.3) is 0 Å². The summed E-state index contributed by atoms with van der Waals surface area (Å²) in [4.78, 5) is 24.1. The number of aromatic nitrogens is 2. The Morgan fingerprint density at radius 3 is 2.45 bits per heavy atom. The van der Waals surface area contributed by atoms with Gasteiger partial charge in [-0.25, -0.2) is 0 Å². The van der Waals surface area contributed by atoms with Gasteiger partial charge < -0.3 is 15.4 Å². The Hall–Kier alpha value is -2.83. The van der Waals surface area contributed by atoms with Crippen LogP contribution < -0.4 is 15.4 Å². The van der Waals surface area contributed by atoms with Crippen molar-refractivity contribution >= 4 is 17.5 Å². The van der Waals surface area contributed by atoms with Gasteiger partial charge >= 0.3 is 0 Å². The number of benzene rings is 1. The molecule has 0 radical (unpaired) electrons. The van der Waals surface area contributed by atoms with Gasteiger partial charge in [0.2, 0.25) is 0 Å². The van der Waals surface area contributed by atoms with Crippen LogP contribution in [-0.2, 0) is 6.54 Å². The predicted molar refractivity (Wildman–Crippen MR) is 82.2 cm³/mol. The maximum Gasteiger partial charge on any atom is 0.273 e. The number of methoxy groups -OCH3 is 1. The number of amides is 2. The van der Waals surface area contributed by atoms with Crippen LogP contribution in [0.4, 0.5) is 5.69 Å². The Morgan fingerprint density at radius 2 is 1.91 bits per heavy atom. The third kappa shape index (κ3) is 3.25. The lowest BCUT2D eigenvalue weighted by Crippen LogP contribution is -2.21. The fourth-order valence-electron chi connectivity index (χ4n) is 1.90. The van der Waals surface area contributed by atoms with Crippen LogP contribution in [0.1, 0.15) is 27.8 Å². The number of nitrogens with zero attached hydrogens (tertiary/aromatic N) is 2. The highest BCUT2D eigenvalue weighted by molar-refractivity contribution is 6.08. The molecule has 22 heavy (non-hydrogen) atoms. The summed E-state index contributed by atoms with van der Waals surface area (Å²) in [5.41, 5.74) is 1.03. The van der Waals surface area contributed by atoms with Crippen molar-refractivity contribution in [1.29, 1.82) is 0 Å². The zero-order valence-corrected chi connectivity index (χ0v) is 12.7. The number of hydrogen-bond acceptors (Lipinski definition) is 4. The summed E-state index contributed by atoms with van der Waals surface area (Å²) in [6, 6.07) is 6.70. The topological polar surface area (TPSA) is 85.2 Å². The molecular formula is C15H18N4O3. The molecule has 2 aromatic rings. The average Bonchev–Trinajstić information content (AvgIpc) is 2.97. The average molecular weight is 302 g/mol. The number of hydrogen-bond donors (Lipinski definition) is 2. The molecule has 0 aliphatic heterocycles. The van der Waals surface area contributed by atoms with E-state index in [0.29, 0.717) is 23.5 Å². The monoisotopic (exact) mass is 302 g/mol. The number of anilines is 1. The van der Waals surface area contributed by atoms with E-state index >= 15 is 0 Å². The molecule has 0 saturated heterocycles. The summed E-state index contributed by atoms with van der Waals surface area (Å²) >= 11 is 0. The lowest BCUT2D eigenvalue weighted by molar-refractivity contribution is 0.0958. The lowest BCUT2D eigenvalue weighted by atomic mass is 10.2. The maximum absolute atomic E-state index is 12.3. The Bertz CT molecular complexity index is 677. The number of carbonyl (C=O) groups excluding carboxylic acids is 2. The molecule has 2 amide bonds. The number of ether oxygens (including phenoxy) is 1. The van der Waals surface area contributed by atoms with Crippen molar-refractivity contribution in [3.63, 3.8) is 0 Å². The van der Waals surface area contributed by atoms with Gasteiger partial charge in [0.1, 0.15) is 5.75 Å². The summed E-state index contributed by atoms with van der Waals surface area (Å²) in [5, 5.41) is 9.36. The normalized spacial score (nSPS) is 10.1. The molecule has 7 nitrogen and oxygen atoms in total. The van der Waals surface area contributed by atoms with Crippen LogP contribution in [0, 0.1) is 0 Å². The minimum absolute atomic E-state index is 0.186. The standard InChI is InChI=1S/C15H18N4O3/c1-4-19-9-12(13(18-19)15(21)16-2)17-14(20)10-5-7-11(22-3)8-6-10/h5-9H,4H2,1-3H3,(H,16,21)(H,17,20). The van der Waals surface area contributed by atoms with Gasteiger partial charge in [-0.15, -0.1) is 0 Å². The van der Waals surface area contributed by atoms with Gasteiger partial charge in [-0.1, -0.05) is 0 Å². The molecule has 2 N–H and O–H groups in total. The molecule has 0 fully saturated rings. The van der Waals surface area contributed by atoms with E-state index in [9.17, 15) is 9.59 Å². The fourth-order valence-corrected chi connectivity index (χ4v) is 1.90. The smallest absolute Gasteiger partial charge is 0.273 e. The SMILES string of the molecule is CCn1cc(NC(=O)c2ccc(OC)cc2)c(C(=O)NC)n1. The summed E-state index contributed by atoms with van der Waals surface area (Å²) in [5.74, 6) is 0.00194. The van der Waals surface area contributed by atoms with Crippen LogP contribution in [0.2, 0.25) is 0 Å². The van der Waals surface area contributed by atoms with E-state index < -0.39 is 0 Å². The highest BCUT2D eigenvalue weighted by atomic mass is 16.5. The number of aryl methyl sites for hydroxylation is 1. The third-order valence-corrected chi connectivity index (χ3v) is 3.13. The van der Waals surface area contributed by atoms with Gasteiger partial charge in [0, 0.05) is 25.4 Å². The number of nitrogens with one attached hydrogen (secondary N) is 2. The zero-order valence-electron chi connectivity index (χ0n) is 12.7. The first-order chi connectivity index (χ1) is 10.6. The van der Waals surface area contributed by atoms with Crippen molar-refractivity contribution in [2.75, 3.05) is 19.5 Å². The Morgan fingerprint density at radius 1 is 1.23 bits per heavy atom. The molecule has 2 rings (SSSR count). The molecular weight excluding hydrogens is 284 g/mol. The van der Waals surface area contributed by atoms with E-state index in [1.807, 2.05) is 6.92 Å². The molecule has 0 aliphatic carbocycles. The Kier molecular flexibility index (Phi) is 4.77. The van der Waals surface area contributed by atoms with Crippen molar-refractivity contribution in [3.8, 4) is 5.75 Å². The minimum atomic E-state index is -0.350. The van der Waals surface area contributed by atoms with Crippen molar-refractivity contribution in [2.45, 2.75) is 13.5 Å². The molecule has 0 saturated carbocycles. The van der Waals surface area contributed by atoms with E-state index in [0.717, 1.165) is 0 Å². The predicted octanol–water partition coefficient (Wildman–Crippen LogP) is 1.52. The summed E-state index contributed by atoms with van der Waals surface area (Å²) in [6.07, 6.45) is 1.63. The second kappa shape index (κ2) is 6.75. The van der Waals surface area contributed by atoms with Crippen LogP contribution in [-0.4, -0.2) is 35.8 Å². The molecule has 0 aliphatic rings. The molecule has 7 heteroatoms. The number of carbonyl (C=O) groups is 2. The first-order valence-corrected chi connectivity index (χ1v) is 6.84. The minimum Gasteiger partial charge on any atom is -0.497 e. The van der Waals surface area contributed by atoms with Crippen molar-refractivity contribution < 1.29 is 14.3 Å². The van der Waals surface area contributed by atoms with Gasteiger partial charge in [0.05, 0.1) is 12.8 Å². The second-order valence-electron chi connectivity index (χ2n) is 4.51. The highest BCUT2D eigenvalue weighted by Gasteiger charge is 2.18. The maximum atomic E-state index is 12.3. The molecule has 0 unspecified atom stereocenters. The number of rotatable bonds is 5. The van der Waals surface area contributed by atoms with Gasteiger partial charge in [-0.3, -0.25) is 14.3 Å². The van der Waals surface area contributed by atoms with E-state index in [1.54, 1.807) is 42.3 Å². The highest BCUT2D eigenvalue weighted by Crippen LogP contribution is 2.17. The fraction of sp³-hybridized carbons (Fsp3) is 0.267. The van der Waals surface area contributed by atoms with Crippen LogP contribution in [0.5, 0.6) is 5.75 Å². The summed E-state index contributed by atoms with van der Waals surface area (Å²) < 4.78 is 6.64. The van der Waals surface area contributed by atoms with Crippen LogP contribution in [0.15, 0.2) is 30.5 Å². The van der Waals surface area contributed by atoms with E-state index in [2.05, 4.69) is 15.7 Å². The molecule has 1 heterocycles. The largest absolute Gasteiger partial charge is 0.497 e. The molecule has 0 atom stereocenters. The Labute approximate surface area is 128 Å². The molecule has 1 aromatic carbocycles. The van der Waals surface area contributed by atoms with Gasteiger partial charge in [0.25, 0.3) is 11.8 Å². The van der Waals surface area contributed by atoms with E-state index in [-0.39, 0.29) is 17.5 Å². The van der Waals surface area contributed by atoms with Crippen LogP contribution >= 0.6 is 0 Å². The quantitative estimate of drug-likeness (QED) is 0.877. The molecule has 0 bridgehead atoms. The summed E-state index contributed by atoms with van der Waals surface area (Å²) in [7, 11) is 3.08. The Balaban J connectivity index is 2.23. The van der Waals surface area contributed by atoms with Crippen LogP contribution in [0.3, 0.4) is 0 Å². The first-order valence-electron chi connectivity index (χ1n) is 6.84. The zero-order chi connectivity index (χ0) is 16.1. The second-order valence-corrected chi connectivity index (χ2v) is 4.51.